The third-order valence-corrected chi connectivity index (χ3v) is 4.41. The summed E-state index contributed by atoms with van der Waals surface area (Å²) in [5.41, 5.74) is 1.30. The zero-order valence-electron chi connectivity index (χ0n) is 14.4. The molecule has 1 aromatic carbocycles. The Morgan fingerprint density at radius 2 is 2.04 bits per heavy atom. The fraction of sp³-hybridized carbons (Fsp3) is 0.389. The van der Waals surface area contributed by atoms with Gasteiger partial charge in [-0.15, -0.1) is 0 Å². The minimum absolute atomic E-state index is 0.224. The smallest absolute Gasteiger partial charge is 0.270 e. The summed E-state index contributed by atoms with van der Waals surface area (Å²) in [6.45, 7) is 3.49. The highest BCUT2D eigenvalue weighted by atomic mass is 35.5. The predicted octanol–water partition coefficient (Wildman–Crippen LogP) is 3.99. The number of anilines is 1. The van der Waals surface area contributed by atoms with Gasteiger partial charge in [0.2, 0.25) is 0 Å². The Kier molecular flexibility index (Phi) is 7.47. The molecule has 0 unspecified atom stereocenters. The van der Waals surface area contributed by atoms with Crippen molar-refractivity contribution in [3.05, 3.63) is 51.9 Å². The molecule has 0 fully saturated rings. The van der Waals surface area contributed by atoms with E-state index in [1.165, 1.54) is 6.33 Å². The van der Waals surface area contributed by atoms with E-state index in [-0.39, 0.29) is 5.91 Å². The quantitative estimate of drug-likeness (QED) is 0.751. The zero-order chi connectivity index (χ0) is 18.2. The summed E-state index contributed by atoms with van der Waals surface area (Å²) >= 11 is 12.0. The third-order valence-electron chi connectivity index (χ3n) is 3.82. The molecule has 1 N–H and O–H groups in total. The molecule has 7 heteroatoms. The molecule has 0 radical (unpaired) electrons. The van der Waals surface area contributed by atoms with Crippen LogP contribution in [0.25, 0.3) is 0 Å². The number of nitrogens with zero attached hydrogens (tertiary/aromatic N) is 3. The van der Waals surface area contributed by atoms with Gasteiger partial charge in [-0.2, -0.15) is 0 Å². The van der Waals surface area contributed by atoms with E-state index in [9.17, 15) is 4.79 Å². The molecule has 0 aliphatic heterocycles. The second kappa shape index (κ2) is 9.59. The molecule has 0 bridgehead atoms. The first-order valence-corrected chi connectivity index (χ1v) is 9.02. The number of carbonyl (C=O) groups excluding carboxylic acids is 1. The van der Waals surface area contributed by atoms with Gasteiger partial charge in [0.05, 0.1) is 0 Å². The van der Waals surface area contributed by atoms with Crippen molar-refractivity contribution in [1.29, 1.82) is 0 Å². The Labute approximate surface area is 158 Å². The lowest BCUT2D eigenvalue weighted by Gasteiger charge is -2.17. The van der Waals surface area contributed by atoms with Crippen LogP contribution >= 0.6 is 23.2 Å². The number of aromatic nitrogens is 2. The summed E-state index contributed by atoms with van der Waals surface area (Å²) < 4.78 is 0. The number of benzene rings is 1. The van der Waals surface area contributed by atoms with E-state index in [1.807, 2.05) is 18.0 Å². The van der Waals surface area contributed by atoms with Crippen molar-refractivity contribution in [2.24, 2.45) is 0 Å². The maximum absolute atomic E-state index is 12.3. The molecule has 0 aliphatic carbocycles. The summed E-state index contributed by atoms with van der Waals surface area (Å²) in [5.74, 6) is 0.520. The van der Waals surface area contributed by atoms with Crippen molar-refractivity contribution < 1.29 is 4.79 Å². The zero-order valence-corrected chi connectivity index (χ0v) is 15.9. The SMILES string of the molecule is CCCCN(C)c1cc(C(=O)NCCc2ccc(Cl)cc2Cl)ncn1. The molecule has 1 amide bonds. The first-order chi connectivity index (χ1) is 12.0. The van der Waals surface area contributed by atoms with Crippen molar-refractivity contribution in [1.82, 2.24) is 15.3 Å². The van der Waals surface area contributed by atoms with Crippen LogP contribution in [0, 0.1) is 0 Å². The van der Waals surface area contributed by atoms with E-state index >= 15 is 0 Å². The monoisotopic (exact) mass is 380 g/mol. The highest BCUT2D eigenvalue weighted by molar-refractivity contribution is 6.35. The largest absolute Gasteiger partial charge is 0.360 e. The van der Waals surface area contributed by atoms with E-state index in [0.29, 0.717) is 28.7 Å². The van der Waals surface area contributed by atoms with Gasteiger partial charge in [0.25, 0.3) is 5.91 Å². The van der Waals surface area contributed by atoms with E-state index in [2.05, 4.69) is 22.2 Å². The van der Waals surface area contributed by atoms with Crippen LogP contribution in [0.4, 0.5) is 5.82 Å². The molecule has 0 saturated carbocycles. The van der Waals surface area contributed by atoms with Gasteiger partial charge in [-0.05, 0) is 30.5 Å². The second-order valence-corrected chi connectivity index (χ2v) is 6.62. The molecule has 2 rings (SSSR count). The predicted molar refractivity (Wildman–Crippen MR) is 103 cm³/mol. The van der Waals surface area contributed by atoms with E-state index in [0.717, 1.165) is 30.8 Å². The summed E-state index contributed by atoms with van der Waals surface area (Å²) in [6, 6.07) is 7.05. The standard InChI is InChI=1S/C18H22Cl2N4O/c1-3-4-9-24(2)17-11-16(22-12-23-17)18(25)21-8-7-13-5-6-14(19)10-15(13)20/h5-6,10-12H,3-4,7-9H2,1-2H3,(H,21,25). The molecule has 0 atom stereocenters. The molecular formula is C18H22Cl2N4O. The van der Waals surface area contributed by atoms with Crippen molar-refractivity contribution in [2.45, 2.75) is 26.2 Å². The van der Waals surface area contributed by atoms with E-state index in [1.54, 1.807) is 18.2 Å². The van der Waals surface area contributed by atoms with E-state index < -0.39 is 0 Å². The minimum Gasteiger partial charge on any atom is -0.360 e. The number of unbranched alkanes of at least 4 members (excludes halogenated alkanes) is 1. The highest BCUT2D eigenvalue weighted by Gasteiger charge is 2.11. The Morgan fingerprint density at radius 1 is 1.24 bits per heavy atom. The number of hydrogen-bond acceptors (Lipinski definition) is 4. The minimum atomic E-state index is -0.224. The topological polar surface area (TPSA) is 58.1 Å². The van der Waals surface area contributed by atoms with Crippen LogP contribution < -0.4 is 10.2 Å². The number of carbonyl (C=O) groups is 1. The molecule has 0 aliphatic rings. The lowest BCUT2D eigenvalue weighted by molar-refractivity contribution is 0.0949. The average molecular weight is 381 g/mol. The number of hydrogen-bond donors (Lipinski definition) is 1. The van der Waals surface area contributed by atoms with Crippen LogP contribution in [0.15, 0.2) is 30.6 Å². The van der Waals surface area contributed by atoms with Crippen molar-refractivity contribution in [3.63, 3.8) is 0 Å². The fourth-order valence-corrected chi connectivity index (χ4v) is 2.82. The maximum atomic E-state index is 12.3. The number of halogens is 2. The molecule has 134 valence electrons. The van der Waals surface area contributed by atoms with Gasteiger partial charge in [0, 0.05) is 36.2 Å². The summed E-state index contributed by atoms with van der Waals surface area (Å²) in [7, 11) is 1.96. The van der Waals surface area contributed by atoms with E-state index in [4.69, 9.17) is 23.2 Å². The molecule has 1 aromatic heterocycles. The molecule has 2 aromatic rings. The van der Waals surface area contributed by atoms with Gasteiger partial charge < -0.3 is 10.2 Å². The molecule has 0 saturated heterocycles. The molecule has 0 spiro atoms. The first kappa shape index (κ1) is 19.5. The van der Waals surface area contributed by atoms with Gasteiger partial charge in [-0.3, -0.25) is 4.79 Å². The van der Waals surface area contributed by atoms with Gasteiger partial charge in [-0.1, -0.05) is 42.6 Å². The Hall–Kier alpha value is -1.85. The fourth-order valence-electron chi connectivity index (χ4n) is 2.32. The van der Waals surface area contributed by atoms with Crippen molar-refractivity contribution >= 4 is 34.9 Å². The number of rotatable bonds is 8. The van der Waals surface area contributed by atoms with Crippen LogP contribution in [0.5, 0.6) is 0 Å². The van der Waals surface area contributed by atoms with Crippen LogP contribution in [0.2, 0.25) is 10.0 Å². The normalized spacial score (nSPS) is 10.6. The third kappa shape index (κ3) is 5.87. The van der Waals surface area contributed by atoms with Gasteiger partial charge in [0.1, 0.15) is 17.8 Å². The molecular weight excluding hydrogens is 359 g/mol. The van der Waals surface area contributed by atoms with Gasteiger partial charge >= 0.3 is 0 Å². The van der Waals surface area contributed by atoms with Crippen LogP contribution in [0.1, 0.15) is 35.8 Å². The first-order valence-electron chi connectivity index (χ1n) is 8.26. The Balaban J connectivity index is 1.92. The van der Waals surface area contributed by atoms with Crippen LogP contribution in [-0.4, -0.2) is 36.0 Å². The average Bonchev–Trinajstić information content (AvgIpc) is 2.61. The molecule has 5 nitrogen and oxygen atoms in total. The maximum Gasteiger partial charge on any atom is 0.270 e. The van der Waals surface area contributed by atoms with Crippen molar-refractivity contribution in [3.8, 4) is 0 Å². The van der Waals surface area contributed by atoms with Crippen LogP contribution in [0.3, 0.4) is 0 Å². The van der Waals surface area contributed by atoms with Crippen molar-refractivity contribution in [2.75, 3.05) is 25.0 Å². The Morgan fingerprint density at radius 3 is 2.76 bits per heavy atom. The summed E-state index contributed by atoms with van der Waals surface area (Å²) in [5, 5.41) is 4.06. The Bertz CT molecular complexity index is 724. The van der Waals surface area contributed by atoms with Gasteiger partial charge in [-0.25, -0.2) is 9.97 Å². The lowest BCUT2D eigenvalue weighted by atomic mass is 10.1. The second-order valence-electron chi connectivity index (χ2n) is 5.78. The van der Waals surface area contributed by atoms with Crippen LogP contribution in [-0.2, 0) is 6.42 Å². The molecule has 25 heavy (non-hydrogen) atoms. The molecule has 1 heterocycles. The number of amides is 1. The van der Waals surface area contributed by atoms with Gasteiger partial charge in [0.15, 0.2) is 0 Å². The number of nitrogens with one attached hydrogen (secondary N) is 1. The lowest BCUT2D eigenvalue weighted by Crippen LogP contribution is -2.27. The highest BCUT2D eigenvalue weighted by Crippen LogP contribution is 2.21. The summed E-state index contributed by atoms with van der Waals surface area (Å²) in [6.07, 6.45) is 4.22. The summed E-state index contributed by atoms with van der Waals surface area (Å²) in [4.78, 5) is 22.6.